The van der Waals surface area contributed by atoms with Gasteiger partial charge in [-0.15, -0.1) is 0 Å². The molecule has 0 aromatic carbocycles. The molecule has 3 heteroatoms. The normalized spacial score (nSPS) is 12.2. The molecule has 1 unspecified atom stereocenters. The molecular weight excluding hydrogens is 123 g/mol. The van der Waals surface area contributed by atoms with E-state index in [-0.39, 0.29) is 5.66 Å². The van der Waals surface area contributed by atoms with Gasteiger partial charge in [-0.1, -0.05) is 4.57 Å². The minimum atomic E-state index is -1.11. The summed E-state index contributed by atoms with van der Waals surface area (Å²) in [4.78, 5) is 0. The Morgan fingerprint density at radius 1 is 1.62 bits per heavy atom. The van der Waals surface area contributed by atoms with Gasteiger partial charge in [0.2, 0.25) is 6.35 Å². The van der Waals surface area contributed by atoms with E-state index in [0.717, 1.165) is 0 Å². The fraction of sp³-hybridized carbons (Fsp3) is 1.00. The molecule has 0 saturated heterocycles. The van der Waals surface area contributed by atoms with Gasteiger partial charge >= 0.3 is 7.80 Å². The van der Waals surface area contributed by atoms with E-state index in [1.165, 1.54) is 0 Å². The molecular formula is C5H12O2P+. The van der Waals surface area contributed by atoms with Gasteiger partial charge in [-0.2, -0.15) is 0 Å². The Morgan fingerprint density at radius 3 is 2.25 bits per heavy atom. The number of hydrogen-bond donors (Lipinski definition) is 0. The smallest absolute Gasteiger partial charge is 0.341 e. The van der Waals surface area contributed by atoms with Gasteiger partial charge in [0, 0.05) is 7.11 Å². The topological polar surface area (TPSA) is 26.3 Å². The van der Waals surface area contributed by atoms with E-state index in [1.807, 2.05) is 13.8 Å². The Labute approximate surface area is 51.0 Å². The lowest BCUT2D eigenvalue weighted by molar-refractivity contribution is 0.251. The van der Waals surface area contributed by atoms with Crippen LogP contribution in [0.1, 0.15) is 13.8 Å². The minimum absolute atomic E-state index is 0.255. The summed E-state index contributed by atoms with van der Waals surface area (Å²) < 4.78 is 15.4. The maximum atomic E-state index is 10.8. The zero-order valence-electron chi connectivity index (χ0n) is 5.55. The van der Waals surface area contributed by atoms with Gasteiger partial charge in [0.25, 0.3) is 0 Å². The van der Waals surface area contributed by atoms with Crippen molar-refractivity contribution in [3.63, 3.8) is 0 Å². The Kier molecular flexibility index (Phi) is 4.02. The molecule has 48 valence electrons. The van der Waals surface area contributed by atoms with Crippen LogP contribution in [0.3, 0.4) is 0 Å². The largest absolute Gasteiger partial charge is 0.369 e. The molecule has 0 rings (SSSR count). The van der Waals surface area contributed by atoms with Crippen LogP contribution in [0.2, 0.25) is 0 Å². The highest BCUT2D eigenvalue weighted by Gasteiger charge is 2.18. The van der Waals surface area contributed by atoms with Crippen LogP contribution < -0.4 is 0 Å². The van der Waals surface area contributed by atoms with Gasteiger partial charge in [-0.25, -0.2) is 0 Å². The first-order valence-electron chi connectivity index (χ1n) is 2.61. The monoisotopic (exact) mass is 135 g/mol. The van der Waals surface area contributed by atoms with Crippen molar-refractivity contribution in [3.8, 4) is 0 Å². The number of ether oxygens (including phenoxy) is 1. The van der Waals surface area contributed by atoms with Gasteiger partial charge in [-0.3, -0.25) is 0 Å². The van der Waals surface area contributed by atoms with Gasteiger partial charge in [0.05, 0.1) is 0 Å². The van der Waals surface area contributed by atoms with E-state index in [2.05, 4.69) is 4.74 Å². The molecule has 0 spiro atoms. The molecule has 0 fully saturated rings. The molecule has 0 N–H and O–H groups in total. The Balaban J connectivity index is 3.33. The third kappa shape index (κ3) is 3.11. The Hall–Kier alpha value is 0.0600. The zero-order valence-corrected chi connectivity index (χ0v) is 6.44. The van der Waals surface area contributed by atoms with Crippen LogP contribution >= 0.6 is 7.80 Å². The van der Waals surface area contributed by atoms with Crippen LogP contribution in [-0.4, -0.2) is 19.1 Å². The SMILES string of the molecule is COC[P+](=O)C(C)C. The fourth-order valence-electron chi connectivity index (χ4n) is 0.276. The molecule has 0 saturated carbocycles. The van der Waals surface area contributed by atoms with E-state index in [0.29, 0.717) is 6.35 Å². The number of hydrogen-bond acceptors (Lipinski definition) is 2. The van der Waals surface area contributed by atoms with Crippen molar-refractivity contribution in [1.82, 2.24) is 0 Å². The van der Waals surface area contributed by atoms with Crippen LogP contribution in [0.5, 0.6) is 0 Å². The van der Waals surface area contributed by atoms with Crippen LogP contribution in [0.4, 0.5) is 0 Å². The van der Waals surface area contributed by atoms with E-state index in [4.69, 9.17) is 0 Å². The molecule has 0 aromatic heterocycles. The van der Waals surface area contributed by atoms with Crippen molar-refractivity contribution in [2.24, 2.45) is 0 Å². The lowest BCUT2D eigenvalue weighted by Crippen LogP contribution is -1.90. The summed E-state index contributed by atoms with van der Waals surface area (Å²) in [7, 11) is 0.453. The maximum Gasteiger partial charge on any atom is 0.369 e. The average molecular weight is 135 g/mol. The van der Waals surface area contributed by atoms with Crippen LogP contribution in [0.25, 0.3) is 0 Å². The average Bonchev–Trinajstić information content (AvgIpc) is 1.67. The third-order valence-corrected chi connectivity index (χ3v) is 2.50. The van der Waals surface area contributed by atoms with Crippen LogP contribution in [-0.2, 0) is 9.30 Å². The quantitative estimate of drug-likeness (QED) is 0.552. The summed E-state index contributed by atoms with van der Waals surface area (Å²) >= 11 is 0. The van der Waals surface area contributed by atoms with Crippen molar-refractivity contribution in [3.05, 3.63) is 0 Å². The predicted octanol–water partition coefficient (Wildman–Crippen LogP) is 1.83. The van der Waals surface area contributed by atoms with Gasteiger partial charge in [-0.05, 0) is 13.8 Å². The molecule has 0 aliphatic rings. The summed E-state index contributed by atoms with van der Waals surface area (Å²) in [5, 5.41) is 0. The summed E-state index contributed by atoms with van der Waals surface area (Å²) in [5.41, 5.74) is 0.255. The minimum Gasteiger partial charge on any atom is -0.341 e. The molecule has 0 aliphatic heterocycles. The second kappa shape index (κ2) is 3.99. The second-order valence-corrected chi connectivity index (χ2v) is 4.05. The Morgan fingerprint density at radius 2 is 2.12 bits per heavy atom. The van der Waals surface area contributed by atoms with E-state index in [9.17, 15) is 4.57 Å². The van der Waals surface area contributed by atoms with Gasteiger partial charge in [0.1, 0.15) is 0 Å². The molecule has 0 radical (unpaired) electrons. The fourth-order valence-corrected chi connectivity index (χ4v) is 0.829. The third-order valence-electron chi connectivity index (χ3n) is 0.832. The standard InChI is InChI=1S/C5H12O2P/c1-5(2)8(6)4-7-3/h5H,4H2,1-3H3/q+1. The predicted molar refractivity (Wildman–Crippen MR) is 34.6 cm³/mol. The summed E-state index contributed by atoms with van der Waals surface area (Å²) in [6.45, 7) is 3.86. The highest BCUT2D eigenvalue weighted by Crippen LogP contribution is 2.26. The van der Waals surface area contributed by atoms with Crippen molar-refractivity contribution in [1.29, 1.82) is 0 Å². The van der Waals surface area contributed by atoms with Gasteiger partial charge < -0.3 is 4.74 Å². The van der Waals surface area contributed by atoms with E-state index >= 15 is 0 Å². The first-order valence-corrected chi connectivity index (χ1v) is 4.12. The molecule has 8 heavy (non-hydrogen) atoms. The summed E-state index contributed by atoms with van der Waals surface area (Å²) in [6.07, 6.45) is 0.396. The Bertz CT molecular complexity index is 80.5. The zero-order chi connectivity index (χ0) is 6.57. The number of methoxy groups -OCH3 is 1. The molecule has 1 atom stereocenters. The molecule has 2 nitrogen and oxygen atoms in total. The lowest BCUT2D eigenvalue weighted by atomic mass is 10.6. The molecule has 0 aliphatic carbocycles. The van der Waals surface area contributed by atoms with Crippen molar-refractivity contribution < 1.29 is 9.30 Å². The van der Waals surface area contributed by atoms with E-state index in [1.54, 1.807) is 7.11 Å². The lowest BCUT2D eigenvalue weighted by Gasteiger charge is -1.87. The molecule has 0 heterocycles. The summed E-state index contributed by atoms with van der Waals surface area (Å²) in [5.74, 6) is 0. The van der Waals surface area contributed by atoms with E-state index < -0.39 is 7.80 Å². The van der Waals surface area contributed by atoms with Gasteiger partial charge in [0.15, 0.2) is 5.66 Å². The number of rotatable bonds is 3. The molecule has 0 aromatic rings. The van der Waals surface area contributed by atoms with Crippen LogP contribution in [0.15, 0.2) is 0 Å². The van der Waals surface area contributed by atoms with Crippen LogP contribution in [0, 0.1) is 0 Å². The first kappa shape index (κ1) is 8.06. The second-order valence-electron chi connectivity index (χ2n) is 1.93. The highest BCUT2D eigenvalue weighted by atomic mass is 31.1. The molecule has 0 bridgehead atoms. The maximum absolute atomic E-state index is 10.8. The summed E-state index contributed by atoms with van der Waals surface area (Å²) in [6, 6.07) is 0. The van der Waals surface area contributed by atoms with Crippen molar-refractivity contribution in [2.45, 2.75) is 19.5 Å². The first-order chi connectivity index (χ1) is 3.68. The highest BCUT2D eigenvalue weighted by molar-refractivity contribution is 7.45. The van der Waals surface area contributed by atoms with Crippen molar-refractivity contribution in [2.75, 3.05) is 13.5 Å². The molecule has 0 amide bonds. The van der Waals surface area contributed by atoms with Crippen molar-refractivity contribution >= 4 is 7.80 Å².